The fourth-order valence-electron chi connectivity index (χ4n) is 3.64. The number of rotatable bonds is 17. The Balaban J connectivity index is 1.69. The fourth-order valence-corrected chi connectivity index (χ4v) is 3.87. The summed E-state index contributed by atoms with van der Waals surface area (Å²) >= 11 is 6.13. The zero-order chi connectivity index (χ0) is 26.2. The number of carbonyl (C=O) groups is 2. The highest BCUT2D eigenvalue weighted by Crippen LogP contribution is 2.22. The molecule has 1 unspecified atom stereocenters. The monoisotopic (exact) mass is 516 g/mol. The van der Waals surface area contributed by atoms with Crippen molar-refractivity contribution in [3.63, 3.8) is 0 Å². The van der Waals surface area contributed by atoms with Gasteiger partial charge in [-0.25, -0.2) is 4.79 Å². The maximum atomic E-state index is 12.5. The van der Waals surface area contributed by atoms with Gasteiger partial charge in [-0.3, -0.25) is 4.79 Å². The van der Waals surface area contributed by atoms with Gasteiger partial charge in [-0.15, -0.1) is 11.6 Å². The van der Waals surface area contributed by atoms with Gasteiger partial charge in [0.05, 0.1) is 12.2 Å². The molecule has 6 heteroatoms. The summed E-state index contributed by atoms with van der Waals surface area (Å²) in [7, 11) is 0. The third-order valence-electron chi connectivity index (χ3n) is 6.23. The van der Waals surface area contributed by atoms with Crippen LogP contribution in [0.4, 0.5) is 0 Å². The molecule has 0 fully saturated rings. The highest BCUT2D eigenvalue weighted by molar-refractivity contribution is 6.30. The van der Waals surface area contributed by atoms with Crippen molar-refractivity contribution in [1.29, 1.82) is 0 Å². The van der Waals surface area contributed by atoms with Crippen LogP contribution in [0.1, 0.15) is 95.3 Å². The minimum absolute atomic E-state index is 0.0195. The van der Waals surface area contributed by atoms with E-state index in [1.54, 1.807) is 48.5 Å². The molecule has 0 spiro atoms. The predicted octanol–water partition coefficient (Wildman–Crippen LogP) is 8.37. The van der Waals surface area contributed by atoms with Crippen LogP contribution in [-0.2, 0) is 4.79 Å². The van der Waals surface area contributed by atoms with Gasteiger partial charge in [-0.2, -0.15) is 0 Å². The van der Waals surface area contributed by atoms with Gasteiger partial charge in [0.25, 0.3) is 0 Å². The maximum Gasteiger partial charge on any atom is 0.343 e. The fraction of sp³-hybridized carbons (Fsp3) is 0.533. The molecule has 198 valence electrons. The Kier molecular flexibility index (Phi) is 14.0. The summed E-state index contributed by atoms with van der Waals surface area (Å²) in [6, 6.07) is 13.3. The molecule has 0 saturated heterocycles. The minimum atomic E-state index is -0.704. The number of hydrogen-bond acceptors (Lipinski definition) is 5. The summed E-state index contributed by atoms with van der Waals surface area (Å²) in [6.45, 7) is 6.79. The molecule has 0 N–H and O–H groups in total. The number of esters is 2. The molecule has 0 radical (unpaired) electrons. The van der Waals surface area contributed by atoms with Gasteiger partial charge >= 0.3 is 11.9 Å². The molecule has 2 aromatic carbocycles. The number of benzene rings is 2. The van der Waals surface area contributed by atoms with Crippen LogP contribution in [0.3, 0.4) is 0 Å². The van der Waals surface area contributed by atoms with Gasteiger partial charge in [0.1, 0.15) is 22.6 Å². The average molecular weight is 517 g/mol. The molecule has 0 aliphatic heterocycles. The van der Waals surface area contributed by atoms with Crippen molar-refractivity contribution >= 4 is 23.5 Å². The molecule has 0 bridgehead atoms. The average Bonchev–Trinajstić information content (AvgIpc) is 2.90. The number of halogens is 1. The van der Waals surface area contributed by atoms with Crippen LogP contribution in [-0.4, -0.2) is 23.9 Å². The normalized spacial score (nSPS) is 12.6. The Labute approximate surface area is 221 Å². The lowest BCUT2D eigenvalue weighted by molar-refractivity contribution is -0.134. The summed E-state index contributed by atoms with van der Waals surface area (Å²) < 4.78 is 16.5. The van der Waals surface area contributed by atoms with Gasteiger partial charge in [0, 0.05) is 0 Å². The molecule has 0 aromatic heterocycles. The summed E-state index contributed by atoms with van der Waals surface area (Å²) in [5, 5.41) is -0.704. The Morgan fingerprint density at radius 2 is 1.22 bits per heavy atom. The third kappa shape index (κ3) is 11.0. The van der Waals surface area contributed by atoms with E-state index in [-0.39, 0.29) is 5.92 Å². The third-order valence-corrected chi connectivity index (χ3v) is 6.84. The molecule has 0 aliphatic rings. The van der Waals surface area contributed by atoms with Gasteiger partial charge in [-0.05, 0) is 60.9 Å². The van der Waals surface area contributed by atoms with E-state index in [2.05, 4.69) is 6.92 Å². The quantitative estimate of drug-likeness (QED) is 0.0914. The molecule has 36 heavy (non-hydrogen) atoms. The SMILES string of the molecule is CCCCCCCCCCCOc1ccc(C(=O)Oc2ccc(OC(=O)C(Cl)[C@@H](C)CC)cc2)cc1. The van der Waals surface area contributed by atoms with Crippen LogP contribution in [0.2, 0.25) is 0 Å². The number of ether oxygens (including phenoxy) is 3. The van der Waals surface area contributed by atoms with Crippen molar-refractivity contribution < 1.29 is 23.8 Å². The minimum Gasteiger partial charge on any atom is -0.494 e. The van der Waals surface area contributed by atoms with E-state index in [4.69, 9.17) is 25.8 Å². The Bertz CT molecular complexity index is 895. The van der Waals surface area contributed by atoms with Crippen molar-refractivity contribution in [1.82, 2.24) is 0 Å². The van der Waals surface area contributed by atoms with Crippen LogP contribution in [0.15, 0.2) is 48.5 Å². The van der Waals surface area contributed by atoms with E-state index < -0.39 is 17.3 Å². The highest BCUT2D eigenvalue weighted by atomic mass is 35.5. The van der Waals surface area contributed by atoms with Crippen LogP contribution in [0, 0.1) is 5.92 Å². The molecule has 0 saturated carbocycles. The molecule has 0 heterocycles. The molecule has 2 atom stereocenters. The molecular weight excluding hydrogens is 476 g/mol. The molecule has 2 aromatic rings. The standard InChI is InChI=1S/C30H41ClO5/c1-4-6-7-8-9-10-11-12-13-22-34-25-16-14-24(15-17-25)29(32)35-26-18-20-27(21-19-26)36-30(33)28(31)23(3)5-2/h14-21,23,28H,4-13,22H2,1-3H3/t23-,28?/m0/s1. The van der Waals surface area contributed by atoms with E-state index in [0.717, 1.165) is 18.6 Å². The second-order valence-electron chi connectivity index (χ2n) is 9.27. The van der Waals surface area contributed by atoms with Crippen LogP contribution in [0.5, 0.6) is 17.2 Å². The Hall–Kier alpha value is -2.53. The summed E-state index contributed by atoms with van der Waals surface area (Å²) in [4.78, 5) is 24.6. The molecular formula is C30H41ClO5. The summed E-state index contributed by atoms with van der Waals surface area (Å²) in [5.41, 5.74) is 0.430. The zero-order valence-corrected chi connectivity index (χ0v) is 22.7. The second-order valence-corrected chi connectivity index (χ2v) is 9.74. The predicted molar refractivity (Wildman–Crippen MR) is 145 cm³/mol. The lowest BCUT2D eigenvalue weighted by Gasteiger charge is -2.15. The van der Waals surface area contributed by atoms with Gasteiger partial charge < -0.3 is 14.2 Å². The zero-order valence-electron chi connectivity index (χ0n) is 22.0. The van der Waals surface area contributed by atoms with Crippen molar-refractivity contribution in [2.45, 2.75) is 90.4 Å². The lowest BCUT2D eigenvalue weighted by Crippen LogP contribution is -2.26. The van der Waals surface area contributed by atoms with Gasteiger partial charge in [-0.1, -0.05) is 78.6 Å². The second kappa shape index (κ2) is 17.0. The first-order valence-electron chi connectivity index (χ1n) is 13.4. The maximum absolute atomic E-state index is 12.5. The van der Waals surface area contributed by atoms with Crippen molar-refractivity contribution in [2.75, 3.05) is 6.61 Å². The first-order valence-corrected chi connectivity index (χ1v) is 13.8. The van der Waals surface area contributed by atoms with Crippen molar-refractivity contribution in [3.05, 3.63) is 54.1 Å². The molecule has 0 amide bonds. The lowest BCUT2D eigenvalue weighted by atomic mass is 10.1. The smallest absolute Gasteiger partial charge is 0.343 e. The van der Waals surface area contributed by atoms with E-state index in [0.29, 0.717) is 23.7 Å². The number of alkyl halides is 1. The molecule has 5 nitrogen and oxygen atoms in total. The van der Waals surface area contributed by atoms with Crippen LogP contribution in [0.25, 0.3) is 0 Å². The van der Waals surface area contributed by atoms with Crippen LogP contribution < -0.4 is 14.2 Å². The largest absolute Gasteiger partial charge is 0.494 e. The first kappa shape index (κ1) is 29.7. The number of hydrogen-bond donors (Lipinski definition) is 0. The Morgan fingerprint density at radius 1 is 0.722 bits per heavy atom. The van der Waals surface area contributed by atoms with Gasteiger partial charge in [0.2, 0.25) is 0 Å². The van der Waals surface area contributed by atoms with E-state index >= 15 is 0 Å². The van der Waals surface area contributed by atoms with Crippen LogP contribution >= 0.6 is 11.6 Å². The topological polar surface area (TPSA) is 61.8 Å². The summed E-state index contributed by atoms with van der Waals surface area (Å²) in [5.74, 6) is 0.508. The van der Waals surface area contributed by atoms with E-state index in [9.17, 15) is 9.59 Å². The Morgan fingerprint density at radius 3 is 1.78 bits per heavy atom. The van der Waals surface area contributed by atoms with Crippen molar-refractivity contribution in [3.8, 4) is 17.2 Å². The first-order chi connectivity index (χ1) is 17.4. The highest BCUT2D eigenvalue weighted by Gasteiger charge is 2.23. The van der Waals surface area contributed by atoms with Crippen molar-refractivity contribution in [2.24, 2.45) is 5.92 Å². The van der Waals surface area contributed by atoms with E-state index in [1.807, 2.05) is 13.8 Å². The van der Waals surface area contributed by atoms with Gasteiger partial charge in [0.15, 0.2) is 0 Å². The number of unbranched alkanes of at least 4 members (excludes halogenated alkanes) is 8. The molecule has 0 aliphatic carbocycles. The summed E-state index contributed by atoms with van der Waals surface area (Å²) in [6.07, 6.45) is 12.3. The molecule has 2 rings (SSSR count). The number of carbonyl (C=O) groups excluding carboxylic acids is 2. The van der Waals surface area contributed by atoms with E-state index in [1.165, 1.54) is 51.4 Å².